The van der Waals surface area contributed by atoms with Crippen LogP contribution in [0.25, 0.3) is 0 Å². The van der Waals surface area contributed by atoms with Gasteiger partial charge < -0.3 is 0 Å². The van der Waals surface area contributed by atoms with Crippen molar-refractivity contribution in [2.24, 2.45) is 5.92 Å². The Kier molecular flexibility index (Phi) is 3.58. The summed E-state index contributed by atoms with van der Waals surface area (Å²) in [5, 5.41) is 0. The molecule has 0 radical (unpaired) electrons. The predicted octanol–water partition coefficient (Wildman–Crippen LogP) is 2.99. The average molecular weight is 312 g/mol. The number of aryl methyl sites for hydroxylation is 1. The fourth-order valence-electron chi connectivity index (χ4n) is 1.85. The van der Waals surface area contributed by atoms with Crippen LogP contribution >= 0.6 is 0 Å². The maximum absolute atomic E-state index is 13.0. The van der Waals surface area contributed by atoms with Crippen LogP contribution in [0.5, 0.6) is 0 Å². The van der Waals surface area contributed by atoms with Crippen molar-refractivity contribution < 1.29 is 30.2 Å². The fourth-order valence-corrected chi connectivity index (χ4v) is 2.80. The molecule has 1 fully saturated rings. The molecular weight excluding hydrogens is 300 g/mol. The molecule has 20 heavy (non-hydrogen) atoms. The first kappa shape index (κ1) is 15.2. The highest BCUT2D eigenvalue weighted by molar-refractivity contribution is 7.86. The Labute approximate surface area is 113 Å². The molecule has 1 aliphatic carbocycles. The van der Waals surface area contributed by atoms with Crippen LogP contribution in [0.1, 0.15) is 12.0 Å². The SMILES string of the molecule is Cc1ccc(S(=O)(=O)OCC2CC(F)(F)C2(F)F)cc1. The van der Waals surface area contributed by atoms with Crippen LogP contribution in [0.4, 0.5) is 17.6 Å². The van der Waals surface area contributed by atoms with Gasteiger partial charge in [0, 0.05) is 6.42 Å². The van der Waals surface area contributed by atoms with E-state index in [2.05, 4.69) is 4.18 Å². The first-order valence-electron chi connectivity index (χ1n) is 5.78. The quantitative estimate of drug-likeness (QED) is 0.634. The van der Waals surface area contributed by atoms with Gasteiger partial charge in [-0.05, 0) is 19.1 Å². The highest BCUT2D eigenvalue weighted by atomic mass is 32.2. The number of benzene rings is 1. The lowest BCUT2D eigenvalue weighted by molar-refractivity contribution is -0.317. The molecule has 112 valence electrons. The molecule has 0 N–H and O–H groups in total. The lowest BCUT2D eigenvalue weighted by atomic mass is 9.77. The van der Waals surface area contributed by atoms with Gasteiger partial charge in [-0.25, -0.2) is 0 Å². The van der Waals surface area contributed by atoms with Gasteiger partial charge in [0.1, 0.15) is 0 Å². The van der Waals surface area contributed by atoms with E-state index in [1.165, 1.54) is 24.3 Å². The summed E-state index contributed by atoms with van der Waals surface area (Å²) in [6.07, 6.45) is -1.08. The topological polar surface area (TPSA) is 43.4 Å². The Morgan fingerprint density at radius 1 is 1.20 bits per heavy atom. The molecule has 0 aliphatic heterocycles. The van der Waals surface area contributed by atoms with Gasteiger partial charge in [-0.15, -0.1) is 0 Å². The minimum Gasteiger partial charge on any atom is -0.266 e. The fraction of sp³-hybridized carbons (Fsp3) is 0.500. The van der Waals surface area contributed by atoms with Crippen molar-refractivity contribution in [3.8, 4) is 0 Å². The smallest absolute Gasteiger partial charge is 0.266 e. The lowest BCUT2D eigenvalue weighted by Crippen LogP contribution is -2.60. The molecule has 2 rings (SSSR count). The number of hydrogen-bond donors (Lipinski definition) is 0. The molecule has 1 unspecified atom stereocenters. The zero-order valence-corrected chi connectivity index (χ0v) is 11.3. The second kappa shape index (κ2) is 4.70. The second-order valence-electron chi connectivity index (χ2n) is 4.78. The normalized spacial score (nSPS) is 24.1. The van der Waals surface area contributed by atoms with Crippen LogP contribution in [0.15, 0.2) is 29.2 Å². The molecule has 1 atom stereocenters. The minimum absolute atomic E-state index is 0.197. The third kappa shape index (κ3) is 2.54. The molecular formula is C12H12F4O3S. The van der Waals surface area contributed by atoms with Crippen LogP contribution < -0.4 is 0 Å². The first-order chi connectivity index (χ1) is 9.06. The maximum Gasteiger partial charge on any atom is 0.315 e. The lowest BCUT2D eigenvalue weighted by Gasteiger charge is -2.43. The van der Waals surface area contributed by atoms with Gasteiger partial charge in [-0.2, -0.15) is 26.0 Å². The standard InChI is InChI=1S/C12H12F4O3S/c1-8-2-4-10(5-3-8)20(17,18)19-7-9-6-11(13,14)12(9,15)16/h2-5,9H,6-7H2,1H3. The Bertz CT molecular complexity index is 596. The van der Waals surface area contributed by atoms with Crippen molar-refractivity contribution in [3.63, 3.8) is 0 Å². The van der Waals surface area contributed by atoms with Crippen molar-refractivity contribution in [3.05, 3.63) is 29.8 Å². The Morgan fingerprint density at radius 2 is 1.75 bits per heavy atom. The van der Waals surface area contributed by atoms with Crippen LogP contribution in [-0.2, 0) is 14.3 Å². The molecule has 0 spiro atoms. The summed E-state index contributed by atoms with van der Waals surface area (Å²) in [6.45, 7) is 0.785. The Balaban J connectivity index is 2.03. The third-order valence-electron chi connectivity index (χ3n) is 3.24. The number of hydrogen-bond acceptors (Lipinski definition) is 3. The summed E-state index contributed by atoms with van der Waals surface area (Å²) in [5.74, 6) is -10.1. The molecule has 8 heteroatoms. The van der Waals surface area contributed by atoms with Crippen molar-refractivity contribution in [1.82, 2.24) is 0 Å². The molecule has 1 saturated carbocycles. The summed E-state index contributed by atoms with van der Waals surface area (Å²) >= 11 is 0. The number of rotatable bonds is 4. The van der Waals surface area contributed by atoms with Gasteiger partial charge in [0.25, 0.3) is 10.1 Å². The van der Waals surface area contributed by atoms with Crippen LogP contribution in [0, 0.1) is 12.8 Å². The van der Waals surface area contributed by atoms with Crippen LogP contribution in [0.2, 0.25) is 0 Å². The maximum atomic E-state index is 13.0. The van der Waals surface area contributed by atoms with E-state index in [9.17, 15) is 26.0 Å². The van der Waals surface area contributed by atoms with Gasteiger partial charge in [-0.1, -0.05) is 17.7 Å². The Morgan fingerprint density at radius 3 is 2.20 bits per heavy atom. The van der Waals surface area contributed by atoms with Crippen LogP contribution in [0.3, 0.4) is 0 Å². The number of alkyl halides is 4. The van der Waals surface area contributed by atoms with Gasteiger partial charge in [-0.3, -0.25) is 4.18 Å². The molecule has 0 aromatic heterocycles. The zero-order chi connectivity index (χ0) is 15.2. The molecule has 3 nitrogen and oxygen atoms in total. The van der Waals surface area contributed by atoms with E-state index in [1.807, 2.05) is 0 Å². The van der Waals surface area contributed by atoms with Gasteiger partial charge in [0.15, 0.2) is 0 Å². The van der Waals surface area contributed by atoms with E-state index in [4.69, 9.17) is 0 Å². The van der Waals surface area contributed by atoms with Gasteiger partial charge in [0.05, 0.1) is 17.4 Å². The molecule has 0 saturated heterocycles. The van der Waals surface area contributed by atoms with Crippen molar-refractivity contribution in [2.45, 2.75) is 30.1 Å². The van der Waals surface area contributed by atoms with Gasteiger partial charge >= 0.3 is 11.8 Å². The number of halogens is 4. The monoisotopic (exact) mass is 312 g/mol. The minimum atomic E-state index is -4.23. The molecule has 1 aliphatic rings. The average Bonchev–Trinajstić information content (AvgIpc) is 2.34. The molecule has 0 heterocycles. The second-order valence-corrected chi connectivity index (χ2v) is 6.40. The van der Waals surface area contributed by atoms with Gasteiger partial charge in [0.2, 0.25) is 0 Å². The van der Waals surface area contributed by atoms with E-state index in [-0.39, 0.29) is 4.90 Å². The summed E-state index contributed by atoms with van der Waals surface area (Å²) in [4.78, 5) is -0.197. The van der Waals surface area contributed by atoms with E-state index in [1.54, 1.807) is 6.92 Å². The van der Waals surface area contributed by atoms with E-state index in [0.29, 0.717) is 0 Å². The molecule has 1 aromatic carbocycles. The predicted molar refractivity (Wildman–Crippen MR) is 62.3 cm³/mol. The third-order valence-corrected chi connectivity index (χ3v) is 4.53. The first-order valence-corrected chi connectivity index (χ1v) is 7.19. The Hall–Kier alpha value is -1.15. The summed E-state index contributed by atoms with van der Waals surface area (Å²) in [6, 6.07) is 5.56. The zero-order valence-electron chi connectivity index (χ0n) is 10.4. The summed E-state index contributed by atoms with van der Waals surface area (Å²) in [5.41, 5.74) is 0.814. The highest BCUT2D eigenvalue weighted by Crippen LogP contribution is 2.55. The van der Waals surface area contributed by atoms with E-state index >= 15 is 0 Å². The molecule has 0 amide bonds. The van der Waals surface area contributed by atoms with Crippen LogP contribution in [-0.4, -0.2) is 26.9 Å². The summed E-state index contributed by atoms with van der Waals surface area (Å²) < 4.78 is 79.0. The van der Waals surface area contributed by atoms with Crippen molar-refractivity contribution in [1.29, 1.82) is 0 Å². The molecule has 1 aromatic rings. The molecule has 0 bridgehead atoms. The summed E-state index contributed by atoms with van der Waals surface area (Å²) in [7, 11) is -4.21. The van der Waals surface area contributed by atoms with E-state index < -0.39 is 40.9 Å². The highest BCUT2D eigenvalue weighted by Gasteiger charge is 2.71. The largest absolute Gasteiger partial charge is 0.315 e. The van der Waals surface area contributed by atoms with E-state index in [0.717, 1.165) is 5.56 Å². The van der Waals surface area contributed by atoms with Crippen molar-refractivity contribution >= 4 is 10.1 Å². The van der Waals surface area contributed by atoms with Crippen molar-refractivity contribution in [2.75, 3.05) is 6.61 Å².